The highest BCUT2D eigenvalue weighted by Crippen LogP contribution is 2.35. The van der Waals surface area contributed by atoms with Crippen molar-refractivity contribution in [3.05, 3.63) is 70.3 Å². The number of nitrogens with zero attached hydrogens (tertiary/aromatic N) is 2. The topological polar surface area (TPSA) is 72.7 Å². The molecule has 6 heteroatoms. The van der Waals surface area contributed by atoms with E-state index in [0.29, 0.717) is 18.2 Å². The monoisotopic (exact) mass is 354 g/mol. The number of nitro groups is 1. The molecule has 2 aromatic carbocycles. The van der Waals surface area contributed by atoms with Crippen LogP contribution in [0.1, 0.15) is 25.3 Å². The number of rotatable bonds is 8. The second-order valence-corrected chi connectivity index (χ2v) is 6.62. The van der Waals surface area contributed by atoms with Crippen molar-refractivity contribution in [2.24, 2.45) is 5.92 Å². The van der Waals surface area contributed by atoms with Gasteiger partial charge in [0.25, 0.3) is 11.6 Å². The Morgan fingerprint density at radius 3 is 2.42 bits per heavy atom. The maximum absolute atomic E-state index is 12.8. The van der Waals surface area contributed by atoms with Crippen molar-refractivity contribution in [1.29, 1.82) is 0 Å². The van der Waals surface area contributed by atoms with Gasteiger partial charge in [0.2, 0.25) is 0 Å². The molecule has 2 aromatic rings. The second kappa shape index (κ2) is 7.99. The highest BCUT2D eigenvalue weighted by molar-refractivity contribution is 5.78. The Hall–Kier alpha value is -2.89. The molecule has 1 atom stereocenters. The molecule has 1 aliphatic rings. The van der Waals surface area contributed by atoms with E-state index in [0.717, 1.165) is 18.4 Å². The predicted molar refractivity (Wildman–Crippen MR) is 97.8 cm³/mol. The quantitative estimate of drug-likeness (QED) is 0.534. The summed E-state index contributed by atoms with van der Waals surface area (Å²) < 4.78 is 5.56. The molecule has 1 fully saturated rings. The van der Waals surface area contributed by atoms with Crippen LogP contribution in [0.5, 0.6) is 5.75 Å². The Morgan fingerprint density at radius 1 is 1.19 bits per heavy atom. The third kappa shape index (κ3) is 4.59. The van der Waals surface area contributed by atoms with Gasteiger partial charge in [0.1, 0.15) is 5.75 Å². The molecule has 0 aliphatic heterocycles. The number of ether oxygens (including phenoxy) is 1. The Bertz CT molecular complexity index is 757. The van der Waals surface area contributed by atoms with Gasteiger partial charge in [-0.15, -0.1) is 0 Å². The normalized spacial score (nSPS) is 14.5. The van der Waals surface area contributed by atoms with Crippen molar-refractivity contribution in [2.75, 3.05) is 6.61 Å². The van der Waals surface area contributed by atoms with Gasteiger partial charge in [-0.1, -0.05) is 30.3 Å². The van der Waals surface area contributed by atoms with Crippen LogP contribution < -0.4 is 4.74 Å². The Labute approximate surface area is 152 Å². The molecular formula is C20H22N2O4. The van der Waals surface area contributed by atoms with Crippen LogP contribution in [0.2, 0.25) is 0 Å². The zero-order chi connectivity index (χ0) is 18.5. The fraction of sp³-hybridized carbons (Fsp3) is 0.350. The van der Waals surface area contributed by atoms with Crippen LogP contribution in [0.25, 0.3) is 0 Å². The lowest BCUT2D eigenvalue weighted by molar-refractivity contribution is -0.384. The Morgan fingerprint density at radius 2 is 1.85 bits per heavy atom. The van der Waals surface area contributed by atoms with Crippen LogP contribution in [0.15, 0.2) is 54.6 Å². The zero-order valence-corrected chi connectivity index (χ0v) is 14.7. The Kier molecular flexibility index (Phi) is 5.51. The summed E-state index contributed by atoms with van der Waals surface area (Å²) in [5.41, 5.74) is 1.08. The van der Waals surface area contributed by atoms with Crippen LogP contribution in [0.3, 0.4) is 0 Å². The number of benzene rings is 2. The molecule has 26 heavy (non-hydrogen) atoms. The molecule has 1 amide bonds. The van der Waals surface area contributed by atoms with Gasteiger partial charge in [-0.2, -0.15) is 0 Å². The maximum Gasteiger partial charge on any atom is 0.269 e. The van der Waals surface area contributed by atoms with E-state index in [4.69, 9.17) is 4.74 Å². The first-order valence-electron chi connectivity index (χ1n) is 8.75. The van der Waals surface area contributed by atoms with Crippen LogP contribution in [0, 0.1) is 16.0 Å². The van der Waals surface area contributed by atoms with E-state index >= 15 is 0 Å². The van der Waals surface area contributed by atoms with Crippen molar-refractivity contribution >= 4 is 11.6 Å². The van der Waals surface area contributed by atoms with Gasteiger partial charge in [0.05, 0.1) is 4.92 Å². The number of amides is 1. The number of carbonyl (C=O) groups is 1. The molecule has 1 unspecified atom stereocenters. The van der Waals surface area contributed by atoms with Crippen molar-refractivity contribution in [3.8, 4) is 5.75 Å². The van der Waals surface area contributed by atoms with Crippen LogP contribution >= 0.6 is 0 Å². The van der Waals surface area contributed by atoms with Gasteiger partial charge in [0, 0.05) is 24.7 Å². The van der Waals surface area contributed by atoms with Gasteiger partial charge >= 0.3 is 0 Å². The van der Waals surface area contributed by atoms with Gasteiger partial charge in [-0.05, 0) is 43.4 Å². The minimum atomic E-state index is -0.464. The summed E-state index contributed by atoms with van der Waals surface area (Å²) in [7, 11) is 0. The Balaban J connectivity index is 1.64. The van der Waals surface area contributed by atoms with Crippen molar-refractivity contribution in [1.82, 2.24) is 4.90 Å². The first-order valence-corrected chi connectivity index (χ1v) is 8.75. The lowest BCUT2D eigenvalue weighted by atomic mass is 10.1. The molecule has 6 nitrogen and oxygen atoms in total. The average Bonchev–Trinajstić information content (AvgIpc) is 3.50. The molecule has 0 aromatic heterocycles. The van der Waals surface area contributed by atoms with Crippen molar-refractivity contribution < 1.29 is 14.5 Å². The fourth-order valence-corrected chi connectivity index (χ4v) is 2.96. The molecule has 0 heterocycles. The third-order valence-corrected chi connectivity index (χ3v) is 4.72. The van der Waals surface area contributed by atoms with E-state index in [1.807, 2.05) is 35.2 Å². The average molecular weight is 354 g/mol. The van der Waals surface area contributed by atoms with E-state index in [1.165, 1.54) is 24.3 Å². The number of non-ortho nitro benzene ring substituents is 1. The van der Waals surface area contributed by atoms with Crippen LogP contribution in [-0.4, -0.2) is 28.4 Å². The molecule has 136 valence electrons. The lowest BCUT2D eigenvalue weighted by Gasteiger charge is -2.29. The van der Waals surface area contributed by atoms with E-state index in [9.17, 15) is 14.9 Å². The molecule has 0 bridgehead atoms. The summed E-state index contributed by atoms with van der Waals surface area (Å²) >= 11 is 0. The van der Waals surface area contributed by atoms with Crippen LogP contribution in [-0.2, 0) is 11.3 Å². The van der Waals surface area contributed by atoms with E-state index in [2.05, 4.69) is 6.92 Å². The summed E-state index contributed by atoms with van der Waals surface area (Å²) in [5.74, 6) is 0.927. The highest BCUT2D eigenvalue weighted by atomic mass is 16.6. The zero-order valence-electron chi connectivity index (χ0n) is 14.7. The van der Waals surface area contributed by atoms with Gasteiger partial charge in [-0.3, -0.25) is 14.9 Å². The van der Waals surface area contributed by atoms with E-state index < -0.39 is 4.92 Å². The minimum Gasteiger partial charge on any atom is -0.484 e. The maximum atomic E-state index is 12.8. The number of hydrogen-bond acceptors (Lipinski definition) is 4. The smallest absolute Gasteiger partial charge is 0.269 e. The summed E-state index contributed by atoms with van der Waals surface area (Å²) in [4.78, 5) is 24.9. The van der Waals surface area contributed by atoms with Gasteiger partial charge in [-0.25, -0.2) is 0 Å². The van der Waals surface area contributed by atoms with E-state index in [1.54, 1.807) is 0 Å². The number of nitro benzene ring substituents is 1. The molecule has 1 saturated carbocycles. The van der Waals surface area contributed by atoms with Gasteiger partial charge < -0.3 is 9.64 Å². The molecular weight excluding hydrogens is 332 g/mol. The summed E-state index contributed by atoms with van der Waals surface area (Å²) in [6.07, 6.45) is 2.31. The standard InChI is InChI=1S/C20H22N2O4/c1-15(17-7-8-17)21(13-16-5-3-2-4-6-16)20(23)14-26-19-11-9-18(10-12-19)22(24)25/h2-6,9-12,15,17H,7-8,13-14H2,1H3. The first-order chi connectivity index (χ1) is 12.5. The SMILES string of the molecule is CC(C1CC1)N(Cc1ccccc1)C(=O)COc1ccc([N+](=O)[O-])cc1. The van der Waals surface area contributed by atoms with Crippen molar-refractivity contribution in [2.45, 2.75) is 32.4 Å². The molecule has 0 radical (unpaired) electrons. The summed E-state index contributed by atoms with van der Waals surface area (Å²) in [5, 5.41) is 10.7. The van der Waals surface area contributed by atoms with Crippen molar-refractivity contribution in [3.63, 3.8) is 0 Å². The third-order valence-electron chi connectivity index (χ3n) is 4.72. The molecule has 1 aliphatic carbocycles. The largest absolute Gasteiger partial charge is 0.484 e. The number of carbonyl (C=O) groups excluding carboxylic acids is 1. The number of hydrogen-bond donors (Lipinski definition) is 0. The first kappa shape index (κ1) is 17.9. The minimum absolute atomic E-state index is 0.00302. The van der Waals surface area contributed by atoms with Crippen LogP contribution in [0.4, 0.5) is 5.69 Å². The molecule has 3 rings (SSSR count). The highest BCUT2D eigenvalue weighted by Gasteiger charge is 2.34. The molecule has 0 spiro atoms. The summed E-state index contributed by atoms with van der Waals surface area (Å²) in [6, 6.07) is 15.8. The molecule has 0 N–H and O–H groups in total. The second-order valence-electron chi connectivity index (χ2n) is 6.62. The van der Waals surface area contributed by atoms with Gasteiger partial charge in [0.15, 0.2) is 6.61 Å². The lowest BCUT2D eigenvalue weighted by Crippen LogP contribution is -2.42. The van der Waals surface area contributed by atoms with E-state index in [-0.39, 0.29) is 24.2 Å². The summed E-state index contributed by atoms with van der Waals surface area (Å²) in [6.45, 7) is 2.56. The predicted octanol–water partition coefficient (Wildman–Crippen LogP) is 3.80. The molecule has 0 saturated heterocycles. The fourth-order valence-electron chi connectivity index (χ4n) is 2.96.